The first-order valence-corrected chi connectivity index (χ1v) is 53.5. The molecule has 30 aromatic rings. The van der Waals surface area contributed by atoms with Crippen LogP contribution in [0.1, 0.15) is 0 Å². The number of rotatable bonds is 15. The SMILES string of the molecule is c1ccc(-c2cccc(-c3nc(-c4cccc(-c5cccc(-c6cccc7c6oc6ccccc67)c5)c4)c4c(n3)sc3ccccc34)c2)cc1.c1ccc(-c2cccc(-c3nc(-c4cccc(-c5cccc(-c6cccc7c6sc6ccccc67)c5)c4)c4c(n3)sc3ccccc34)c2)cc1.c1ccc(-c2nc(-c3cccc(-c4cccc(-c5cccc(-c6cccc7c6oc6ccccc67)c5)c4)c3)nc3sc4ccccc4c23)cc1. The van der Waals surface area contributed by atoms with Gasteiger partial charge in [-0.2, -0.15) is 0 Å². The standard InChI is InChI=1S/2C46H28N2OS.C46H28N2S2/c1-2-12-29(13-3-1)30-14-10-19-35(28-30)45-47-43(42-39-21-5-7-25-41(39)50-46(42)48-45)34-18-9-16-32(27-34)31-15-8-17-33(26-31)36-22-11-23-38-37-20-4-6-24-40(37)49-44(36)38;1-2-12-29(13-3-1)43-42-39-21-5-7-25-41(39)50-46(42)48-45(47-43)35-19-10-17-33(28-35)31-15-8-14-30(26-31)32-16-9-18-34(27-32)36-22-11-23-38-37-20-4-6-24-40(37)49-44(36)38;1-2-12-29(13-3-1)30-14-10-19-35(28-30)45-47-43(42-39-21-5-7-25-41(39)50-46(42)48-45)34-18-9-16-32(27-34)31-15-8-17-33(26-31)36-22-11-23-38-37-20-4-6-24-40(37)49-44(36)38/h3*1-28H. The molecule has 0 bridgehead atoms. The van der Waals surface area contributed by atoms with Gasteiger partial charge >= 0.3 is 0 Å². The lowest BCUT2D eigenvalue weighted by Gasteiger charge is -2.11. The second kappa shape index (κ2) is 38.1. The lowest BCUT2D eigenvalue weighted by Crippen LogP contribution is -1.94. The van der Waals surface area contributed by atoms with Gasteiger partial charge in [0.15, 0.2) is 17.5 Å². The normalized spacial score (nSPS) is 11.6. The molecule has 0 aliphatic rings. The lowest BCUT2D eigenvalue weighted by atomic mass is 9.95. The van der Waals surface area contributed by atoms with Crippen LogP contribution in [0, 0.1) is 0 Å². The minimum Gasteiger partial charge on any atom is -0.455 e. The van der Waals surface area contributed by atoms with E-state index >= 15 is 0 Å². The van der Waals surface area contributed by atoms with Crippen molar-refractivity contribution < 1.29 is 8.83 Å². The van der Waals surface area contributed by atoms with E-state index in [4.69, 9.17) is 38.7 Å². The monoisotopic (exact) mass is 1980 g/mol. The second-order valence-electron chi connectivity index (χ2n) is 37.7. The number of benzene rings is 21. The van der Waals surface area contributed by atoms with Crippen LogP contribution >= 0.6 is 45.3 Å². The minimum atomic E-state index is 0.725. The molecule has 21 aromatic carbocycles. The molecule has 0 amide bonds. The Morgan fingerprint density at radius 1 is 0.147 bits per heavy atom. The Kier molecular flexibility index (Phi) is 22.6. The van der Waals surface area contributed by atoms with Crippen molar-refractivity contribution in [2.45, 2.75) is 0 Å². The molecule has 8 nitrogen and oxygen atoms in total. The van der Waals surface area contributed by atoms with Crippen molar-refractivity contribution in [3.63, 3.8) is 0 Å². The predicted molar refractivity (Wildman–Crippen MR) is 634 cm³/mol. The maximum absolute atomic E-state index is 6.40. The quantitative estimate of drug-likeness (QED) is 0.1000. The number of hydrogen-bond acceptors (Lipinski definition) is 12. The first-order valence-electron chi connectivity index (χ1n) is 50.2. The largest absolute Gasteiger partial charge is 0.455 e. The molecule has 0 atom stereocenters. The maximum Gasteiger partial charge on any atom is 0.161 e. The molecule has 0 spiro atoms. The topological polar surface area (TPSA) is 104 Å². The Labute approximate surface area is 879 Å². The summed E-state index contributed by atoms with van der Waals surface area (Å²) in [4.78, 5) is 34.4. The van der Waals surface area contributed by atoms with E-state index in [1.54, 1.807) is 34.0 Å². The van der Waals surface area contributed by atoms with Crippen LogP contribution in [0.5, 0.6) is 0 Å². The molecule has 0 fully saturated rings. The van der Waals surface area contributed by atoms with Crippen molar-refractivity contribution in [3.8, 4) is 168 Å². The minimum absolute atomic E-state index is 0.725. The number of furan rings is 2. The van der Waals surface area contributed by atoms with E-state index in [-0.39, 0.29) is 0 Å². The van der Waals surface area contributed by atoms with Crippen molar-refractivity contribution in [2.75, 3.05) is 0 Å². The fourth-order valence-corrected chi connectivity index (χ4v) is 25.8. The van der Waals surface area contributed by atoms with Crippen molar-refractivity contribution >= 4 is 170 Å². The van der Waals surface area contributed by atoms with Gasteiger partial charge in [-0.3, -0.25) is 0 Å². The lowest BCUT2D eigenvalue weighted by molar-refractivity contribution is 0.669. The van der Waals surface area contributed by atoms with Crippen LogP contribution in [0.25, 0.3) is 293 Å². The zero-order valence-electron chi connectivity index (χ0n) is 80.6. The van der Waals surface area contributed by atoms with Gasteiger partial charge in [-0.15, -0.1) is 45.3 Å². The molecule has 0 unspecified atom stereocenters. The van der Waals surface area contributed by atoms with Gasteiger partial charge in [0.1, 0.15) is 36.8 Å². The van der Waals surface area contributed by atoms with Crippen LogP contribution in [0.2, 0.25) is 0 Å². The zero-order valence-corrected chi connectivity index (χ0v) is 83.9. The van der Waals surface area contributed by atoms with Crippen LogP contribution in [0.3, 0.4) is 0 Å². The number of para-hydroxylation sites is 4. The predicted octanol–water partition coefficient (Wildman–Crippen LogP) is 39.7. The summed E-state index contributed by atoms with van der Waals surface area (Å²) in [5.74, 6) is 2.19. The molecule has 0 aliphatic heterocycles. The maximum atomic E-state index is 6.40. The van der Waals surface area contributed by atoms with Gasteiger partial charge in [0.2, 0.25) is 0 Å². The highest BCUT2D eigenvalue weighted by atomic mass is 32.1. The highest BCUT2D eigenvalue weighted by molar-refractivity contribution is 7.27. The Morgan fingerprint density at radius 2 is 0.380 bits per heavy atom. The molecule has 12 heteroatoms. The summed E-state index contributed by atoms with van der Waals surface area (Å²) in [5.41, 5.74) is 33.4. The molecule has 9 aromatic heterocycles. The average Bonchev–Trinajstić information content (AvgIpc) is 1.57. The highest BCUT2D eigenvalue weighted by Crippen LogP contribution is 2.49. The van der Waals surface area contributed by atoms with Crippen LogP contribution in [-0.2, 0) is 0 Å². The molecule has 0 aliphatic carbocycles. The Hall–Kier alpha value is -18.7. The van der Waals surface area contributed by atoms with Gasteiger partial charge in [-0.1, -0.05) is 419 Å². The van der Waals surface area contributed by atoms with Gasteiger partial charge in [-0.25, -0.2) is 29.9 Å². The van der Waals surface area contributed by atoms with E-state index in [1.165, 1.54) is 78.2 Å². The second-order valence-corrected chi connectivity index (χ2v) is 41.8. The number of fused-ring (bicyclic) bond motifs is 18. The van der Waals surface area contributed by atoms with Gasteiger partial charge in [0.05, 0.1) is 17.1 Å². The third-order valence-electron chi connectivity index (χ3n) is 28.5. The molecule has 0 saturated carbocycles. The number of hydrogen-bond donors (Lipinski definition) is 0. The summed E-state index contributed by atoms with van der Waals surface area (Å²) in [6, 6.07) is 180. The van der Waals surface area contributed by atoms with E-state index in [2.05, 4.69) is 467 Å². The van der Waals surface area contributed by atoms with E-state index < -0.39 is 0 Å². The molecular formula is C138H84N6O2S4. The van der Waals surface area contributed by atoms with Crippen LogP contribution < -0.4 is 0 Å². The van der Waals surface area contributed by atoms with E-state index in [9.17, 15) is 0 Å². The fraction of sp³-hybridized carbons (Fsp3) is 0. The fourth-order valence-electron chi connectivity index (χ4n) is 21.3. The zero-order chi connectivity index (χ0) is 99.1. The van der Waals surface area contributed by atoms with Crippen molar-refractivity contribution in [1.82, 2.24) is 29.9 Å². The molecule has 0 N–H and O–H groups in total. The summed E-state index contributed by atoms with van der Waals surface area (Å²) >= 11 is 7.05. The van der Waals surface area contributed by atoms with Gasteiger partial charge in [0, 0.05) is 133 Å². The Morgan fingerprint density at radius 3 is 0.753 bits per heavy atom. The molecule has 702 valence electrons. The van der Waals surface area contributed by atoms with E-state index in [0.29, 0.717) is 0 Å². The number of thiophene rings is 4. The van der Waals surface area contributed by atoms with Crippen molar-refractivity contribution in [1.29, 1.82) is 0 Å². The Bertz CT molecular complexity index is 10100. The molecule has 0 radical (unpaired) electrons. The highest BCUT2D eigenvalue weighted by Gasteiger charge is 2.25. The summed E-state index contributed by atoms with van der Waals surface area (Å²) in [5, 5.41) is 14.1. The number of nitrogens with zero attached hydrogens (tertiary/aromatic N) is 6. The summed E-state index contributed by atoms with van der Waals surface area (Å²) in [7, 11) is 0. The van der Waals surface area contributed by atoms with Gasteiger partial charge in [-0.05, 0) is 180 Å². The third kappa shape index (κ3) is 16.5. The van der Waals surface area contributed by atoms with Gasteiger partial charge in [0.25, 0.3) is 0 Å². The van der Waals surface area contributed by atoms with E-state index in [1.807, 2.05) is 53.8 Å². The molecular weight excluding hydrogens is 1900 g/mol. The van der Waals surface area contributed by atoms with Crippen molar-refractivity contribution in [2.24, 2.45) is 0 Å². The first-order chi connectivity index (χ1) is 74.3. The van der Waals surface area contributed by atoms with Crippen LogP contribution in [0.15, 0.2) is 518 Å². The molecule has 9 heterocycles. The smallest absolute Gasteiger partial charge is 0.161 e. The van der Waals surface area contributed by atoms with Crippen molar-refractivity contribution in [3.05, 3.63) is 510 Å². The Balaban J connectivity index is 0.000000108. The summed E-state index contributed by atoms with van der Waals surface area (Å²) in [6.45, 7) is 0. The van der Waals surface area contributed by atoms with E-state index in [0.717, 1.165) is 215 Å². The first kappa shape index (κ1) is 89.0. The van der Waals surface area contributed by atoms with Crippen LogP contribution in [-0.4, -0.2) is 29.9 Å². The number of aromatic nitrogens is 6. The van der Waals surface area contributed by atoms with Crippen LogP contribution in [0.4, 0.5) is 0 Å². The third-order valence-corrected chi connectivity index (χ3v) is 33.0. The molecule has 150 heavy (non-hydrogen) atoms. The molecule has 0 saturated heterocycles. The van der Waals surface area contributed by atoms with Gasteiger partial charge < -0.3 is 8.83 Å². The summed E-state index contributed by atoms with van der Waals surface area (Å²) < 4.78 is 19.1. The summed E-state index contributed by atoms with van der Waals surface area (Å²) in [6.07, 6.45) is 0. The average molecular weight is 1990 g/mol. The molecule has 30 rings (SSSR count).